The number of amides is 1. The van der Waals surface area contributed by atoms with Gasteiger partial charge in [0.2, 0.25) is 0 Å². The maximum atomic E-state index is 12.0. The quantitative estimate of drug-likeness (QED) is 0.564. The first-order valence-electron chi connectivity index (χ1n) is 9.08. The Morgan fingerprint density at radius 2 is 2.17 bits per heavy atom. The number of carbonyl (C=O) groups is 1. The summed E-state index contributed by atoms with van der Waals surface area (Å²) in [6.07, 6.45) is 4.41. The van der Waals surface area contributed by atoms with Crippen LogP contribution < -0.4 is 5.32 Å². The minimum atomic E-state index is -0.605. The second kappa shape index (κ2) is 8.43. The molecular weight excluding hydrogens is 398 g/mol. The zero-order valence-electron chi connectivity index (χ0n) is 17.0. The Balaban J connectivity index is 1.95. The molecule has 1 amide bonds. The van der Waals surface area contributed by atoms with Gasteiger partial charge >= 0.3 is 6.09 Å². The van der Waals surface area contributed by atoms with Gasteiger partial charge < -0.3 is 4.74 Å². The minimum Gasteiger partial charge on any atom is -0.444 e. The van der Waals surface area contributed by atoms with Crippen LogP contribution in [0.1, 0.15) is 31.9 Å². The van der Waals surface area contributed by atoms with Gasteiger partial charge in [0.1, 0.15) is 22.5 Å². The van der Waals surface area contributed by atoms with E-state index in [2.05, 4.69) is 34.6 Å². The fraction of sp³-hybridized carbons (Fsp3) is 0.182. The standard InChI is InChI=1S/C22H21N5O2S/c1-6-14(2)15-10-17(20-16(11-23)12-24-27(20)13-15)30-19-9-7-8-18(25-19)26-21(28)29-22(3,4)5/h6-10,12-13H,1-2H2,3-5H3,(H,25,26,28). The molecule has 0 spiro atoms. The largest absolute Gasteiger partial charge is 0.444 e. The zero-order valence-corrected chi connectivity index (χ0v) is 17.8. The van der Waals surface area contributed by atoms with Gasteiger partial charge in [-0.15, -0.1) is 0 Å². The van der Waals surface area contributed by atoms with E-state index in [9.17, 15) is 10.1 Å². The Labute approximate surface area is 179 Å². The second-order valence-electron chi connectivity index (χ2n) is 7.38. The normalized spacial score (nSPS) is 11.0. The van der Waals surface area contributed by atoms with E-state index in [1.165, 1.54) is 18.0 Å². The van der Waals surface area contributed by atoms with E-state index in [1.807, 2.05) is 12.1 Å². The predicted octanol–water partition coefficient (Wildman–Crippen LogP) is 5.30. The maximum absolute atomic E-state index is 12.0. The van der Waals surface area contributed by atoms with Crippen LogP contribution in [-0.2, 0) is 4.74 Å². The molecule has 0 saturated carbocycles. The third-order valence-corrected chi connectivity index (χ3v) is 4.85. The predicted molar refractivity (Wildman–Crippen MR) is 117 cm³/mol. The van der Waals surface area contributed by atoms with Gasteiger partial charge in [0.25, 0.3) is 0 Å². The number of carbonyl (C=O) groups excluding carboxylic acids is 1. The molecule has 0 fully saturated rings. The van der Waals surface area contributed by atoms with Gasteiger partial charge in [-0.3, -0.25) is 5.32 Å². The van der Waals surface area contributed by atoms with Crippen LogP contribution in [0.4, 0.5) is 10.6 Å². The van der Waals surface area contributed by atoms with Gasteiger partial charge in [-0.05, 0) is 44.5 Å². The van der Waals surface area contributed by atoms with E-state index in [4.69, 9.17) is 4.74 Å². The number of hydrogen-bond acceptors (Lipinski definition) is 6. The summed E-state index contributed by atoms with van der Waals surface area (Å²) in [5.41, 5.74) is 2.09. The first kappa shape index (κ1) is 21.1. The fourth-order valence-electron chi connectivity index (χ4n) is 2.60. The molecule has 0 radical (unpaired) electrons. The molecule has 30 heavy (non-hydrogen) atoms. The lowest BCUT2D eigenvalue weighted by molar-refractivity contribution is 0.0635. The minimum absolute atomic E-state index is 0.367. The highest BCUT2D eigenvalue weighted by Gasteiger charge is 2.17. The molecule has 1 N–H and O–H groups in total. The zero-order chi connectivity index (χ0) is 21.9. The van der Waals surface area contributed by atoms with Crippen molar-refractivity contribution in [2.45, 2.75) is 36.3 Å². The molecule has 0 unspecified atom stereocenters. The van der Waals surface area contributed by atoms with Crippen LogP contribution in [0.5, 0.6) is 0 Å². The topological polar surface area (TPSA) is 92.3 Å². The van der Waals surface area contributed by atoms with Crippen LogP contribution in [0.3, 0.4) is 0 Å². The van der Waals surface area contributed by atoms with Crippen molar-refractivity contribution >= 4 is 34.8 Å². The molecule has 0 aliphatic rings. The summed E-state index contributed by atoms with van der Waals surface area (Å²) in [5.74, 6) is 0.367. The number of nitrogens with one attached hydrogen (secondary N) is 1. The van der Waals surface area contributed by atoms with Crippen LogP contribution in [0, 0.1) is 11.3 Å². The molecule has 152 valence electrons. The number of fused-ring (bicyclic) bond motifs is 1. The Bertz CT molecular complexity index is 1180. The molecule has 0 aromatic carbocycles. The summed E-state index contributed by atoms with van der Waals surface area (Å²) in [6.45, 7) is 13.1. The van der Waals surface area contributed by atoms with Gasteiger partial charge in [-0.2, -0.15) is 10.4 Å². The highest BCUT2D eigenvalue weighted by Crippen LogP contribution is 2.34. The van der Waals surface area contributed by atoms with Crippen LogP contribution in [0.25, 0.3) is 11.1 Å². The van der Waals surface area contributed by atoms with E-state index < -0.39 is 11.7 Å². The molecule has 0 saturated heterocycles. The number of allylic oxidation sites excluding steroid dienone is 2. The summed E-state index contributed by atoms with van der Waals surface area (Å²) < 4.78 is 6.91. The van der Waals surface area contributed by atoms with Crippen molar-refractivity contribution in [1.82, 2.24) is 14.6 Å². The Morgan fingerprint density at radius 3 is 2.83 bits per heavy atom. The van der Waals surface area contributed by atoms with E-state index in [0.717, 1.165) is 16.0 Å². The number of ether oxygens (including phenoxy) is 1. The fourth-order valence-corrected chi connectivity index (χ4v) is 3.60. The van der Waals surface area contributed by atoms with Crippen molar-refractivity contribution in [2.24, 2.45) is 0 Å². The maximum Gasteiger partial charge on any atom is 0.413 e. The van der Waals surface area contributed by atoms with Crippen LogP contribution in [0.2, 0.25) is 0 Å². The molecule has 3 heterocycles. The average Bonchev–Trinajstić information content (AvgIpc) is 3.09. The lowest BCUT2D eigenvalue weighted by Gasteiger charge is -2.19. The lowest BCUT2D eigenvalue weighted by Crippen LogP contribution is -2.27. The molecule has 0 aliphatic carbocycles. The smallest absolute Gasteiger partial charge is 0.413 e. The van der Waals surface area contributed by atoms with Gasteiger partial charge in [-0.1, -0.05) is 37.1 Å². The summed E-state index contributed by atoms with van der Waals surface area (Å²) in [4.78, 5) is 17.3. The van der Waals surface area contributed by atoms with Crippen molar-refractivity contribution in [3.63, 3.8) is 0 Å². The van der Waals surface area contributed by atoms with Crippen molar-refractivity contribution in [2.75, 3.05) is 5.32 Å². The summed E-state index contributed by atoms with van der Waals surface area (Å²) in [5, 5.41) is 17.0. The third-order valence-electron chi connectivity index (χ3n) is 3.88. The first-order valence-corrected chi connectivity index (χ1v) is 9.90. The molecule has 0 atom stereocenters. The van der Waals surface area contributed by atoms with E-state index in [1.54, 1.807) is 49.7 Å². The van der Waals surface area contributed by atoms with Gasteiger partial charge in [0.15, 0.2) is 0 Å². The highest BCUT2D eigenvalue weighted by atomic mass is 32.2. The number of pyridine rings is 2. The Morgan fingerprint density at radius 1 is 1.40 bits per heavy atom. The van der Waals surface area contributed by atoms with Gasteiger partial charge in [0.05, 0.1) is 17.3 Å². The van der Waals surface area contributed by atoms with Gasteiger partial charge in [0, 0.05) is 16.7 Å². The van der Waals surface area contributed by atoms with Crippen molar-refractivity contribution < 1.29 is 9.53 Å². The van der Waals surface area contributed by atoms with E-state index >= 15 is 0 Å². The first-order chi connectivity index (χ1) is 14.2. The Kier molecular flexibility index (Phi) is 5.94. The molecule has 0 aliphatic heterocycles. The van der Waals surface area contributed by atoms with Crippen molar-refractivity contribution in [3.8, 4) is 6.07 Å². The summed E-state index contributed by atoms with van der Waals surface area (Å²) in [7, 11) is 0. The molecule has 3 aromatic rings. The highest BCUT2D eigenvalue weighted by molar-refractivity contribution is 7.99. The van der Waals surface area contributed by atoms with Crippen LogP contribution >= 0.6 is 11.8 Å². The SMILES string of the molecule is C=CC(=C)c1cc(Sc2cccc(NC(=O)OC(C)(C)C)n2)c2c(C#N)cnn2c1. The number of anilines is 1. The monoisotopic (exact) mass is 419 g/mol. The number of nitrogens with zero attached hydrogens (tertiary/aromatic N) is 4. The molecular formula is C22H21N5O2S. The molecule has 8 heteroatoms. The van der Waals surface area contributed by atoms with Gasteiger partial charge in [-0.25, -0.2) is 14.3 Å². The van der Waals surface area contributed by atoms with E-state index in [0.29, 0.717) is 21.9 Å². The molecule has 3 aromatic heterocycles. The third kappa shape index (κ3) is 4.88. The number of hydrogen-bond donors (Lipinski definition) is 1. The molecule has 0 bridgehead atoms. The van der Waals surface area contributed by atoms with Crippen LogP contribution in [-0.4, -0.2) is 26.3 Å². The lowest BCUT2D eigenvalue weighted by atomic mass is 10.1. The van der Waals surface area contributed by atoms with E-state index in [-0.39, 0.29) is 0 Å². The second-order valence-corrected chi connectivity index (χ2v) is 8.44. The Hall–Kier alpha value is -3.57. The van der Waals surface area contributed by atoms with Crippen LogP contribution in [0.15, 0.2) is 65.8 Å². The molecule has 3 rings (SSSR count). The number of rotatable bonds is 5. The molecule has 7 nitrogen and oxygen atoms in total. The van der Waals surface area contributed by atoms with Crippen molar-refractivity contribution in [3.05, 3.63) is 67.0 Å². The number of aromatic nitrogens is 3. The summed E-state index contributed by atoms with van der Waals surface area (Å²) in [6, 6.07) is 9.37. The summed E-state index contributed by atoms with van der Waals surface area (Å²) >= 11 is 1.36. The van der Waals surface area contributed by atoms with Crippen molar-refractivity contribution in [1.29, 1.82) is 5.26 Å². The average molecular weight is 420 g/mol. The number of nitriles is 1.